The lowest BCUT2D eigenvalue weighted by Crippen LogP contribution is -2.29. The number of benzene rings is 1. The molecular weight excluding hydrogens is 402 g/mol. The van der Waals surface area contributed by atoms with E-state index in [1.807, 2.05) is 0 Å². The van der Waals surface area contributed by atoms with E-state index in [2.05, 4.69) is 9.97 Å². The van der Waals surface area contributed by atoms with Crippen molar-refractivity contribution in [2.45, 2.75) is 30.3 Å². The van der Waals surface area contributed by atoms with Crippen LogP contribution >= 0.6 is 11.8 Å². The number of aromatic nitrogens is 4. The normalized spacial score (nSPS) is 12.2. The number of hydrogen-bond acceptors (Lipinski definition) is 7. The zero-order valence-corrected chi connectivity index (χ0v) is 16.3. The number of hydrogen-bond donors (Lipinski definition) is 2. The lowest BCUT2D eigenvalue weighted by Gasteiger charge is -2.12. The van der Waals surface area contributed by atoms with E-state index in [0.717, 1.165) is 16.3 Å². The van der Waals surface area contributed by atoms with E-state index < -0.39 is 27.4 Å². The van der Waals surface area contributed by atoms with E-state index in [0.29, 0.717) is 12.0 Å². The minimum atomic E-state index is -1.03. The average Bonchev–Trinajstić information content (AvgIpc) is 3.02. The molecule has 2 N–H and O–H groups in total. The molecule has 12 heteroatoms. The molecule has 0 aliphatic carbocycles. The number of nitro groups is 1. The molecule has 0 bridgehead atoms. The molecule has 3 rings (SSSR count). The van der Waals surface area contributed by atoms with E-state index >= 15 is 0 Å². The van der Waals surface area contributed by atoms with Gasteiger partial charge in [0.2, 0.25) is 0 Å². The quantitative estimate of drug-likeness (QED) is 0.330. The Morgan fingerprint density at radius 3 is 2.76 bits per heavy atom. The molecule has 0 saturated heterocycles. The largest absolute Gasteiger partial charge is 0.480 e. The van der Waals surface area contributed by atoms with Crippen LogP contribution in [0, 0.1) is 10.1 Å². The zero-order chi connectivity index (χ0) is 21.3. The highest BCUT2D eigenvalue weighted by Gasteiger charge is 2.24. The maximum Gasteiger partial charge on any atom is 0.329 e. The van der Waals surface area contributed by atoms with Crippen molar-refractivity contribution < 1.29 is 14.8 Å². The first kappa shape index (κ1) is 20.3. The molecule has 2 aromatic heterocycles. The van der Waals surface area contributed by atoms with Crippen LogP contribution in [0.5, 0.6) is 0 Å². The molecule has 0 spiro atoms. The Hall–Kier alpha value is -3.41. The van der Waals surface area contributed by atoms with Crippen molar-refractivity contribution in [3.63, 3.8) is 0 Å². The van der Waals surface area contributed by atoms with Crippen molar-refractivity contribution >= 4 is 34.6 Å². The van der Waals surface area contributed by atoms with Crippen molar-refractivity contribution in [2.75, 3.05) is 0 Å². The van der Waals surface area contributed by atoms with Gasteiger partial charge in [-0.05, 0) is 12.0 Å². The number of carboxylic acids is 1. The van der Waals surface area contributed by atoms with Gasteiger partial charge in [-0.1, -0.05) is 30.8 Å². The van der Waals surface area contributed by atoms with E-state index in [-0.39, 0.29) is 28.6 Å². The number of carbonyl (C=O) groups is 1. The molecule has 0 amide bonds. The maximum absolute atomic E-state index is 12.5. The van der Waals surface area contributed by atoms with Gasteiger partial charge < -0.3 is 9.67 Å². The first-order chi connectivity index (χ1) is 13.7. The molecular formula is C17H17N5O6S. The van der Waals surface area contributed by atoms with Crippen LogP contribution in [0.3, 0.4) is 0 Å². The molecule has 0 aliphatic heterocycles. The third-order valence-electron chi connectivity index (χ3n) is 4.33. The average molecular weight is 419 g/mol. The fourth-order valence-corrected chi connectivity index (χ4v) is 3.78. The Kier molecular flexibility index (Phi) is 5.55. The van der Waals surface area contributed by atoms with Gasteiger partial charge in [0.1, 0.15) is 5.25 Å². The van der Waals surface area contributed by atoms with Crippen molar-refractivity contribution in [3.8, 4) is 0 Å². The molecule has 1 unspecified atom stereocenters. The molecule has 1 atom stereocenters. The van der Waals surface area contributed by atoms with Gasteiger partial charge in [0.15, 0.2) is 16.3 Å². The Morgan fingerprint density at radius 2 is 2.14 bits per heavy atom. The zero-order valence-electron chi connectivity index (χ0n) is 15.5. The minimum Gasteiger partial charge on any atom is -0.480 e. The molecule has 0 saturated carbocycles. The van der Waals surface area contributed by atoms with Crippen LogP contribution < -0.4 is 11.2 Å². The number of nitrogens with one attached hydrogen (secondary N) is 1. The van der Waals surface area contributed by atoms with Gasteiger partial charge in [-0.15, -0.1) is 0 Å². The number of aliphatic carboxylic acids is 1. The SMILES string of the molecule is CCC(Sc1nc2c(c(=O)[nH]c(=O)n2C)n1Cc1cccc([N+](=O)[O-])c1)C(=O)O. The summed E-state index contributed by atoms with van der Waals surface area (Å²) in [4.78, 5) is 52.9. The van der Waals surface area contributed by atoms with Crippen LogP contribution in [-0.4, -0.2) is 40.4 Å². The van der Waals surface area contributed by atoms with Crippen molar-refractivity contribution in [2.24, 2.45) is 7.05 Å². The molecule has 0 fully saturated rings. The van der Waals surface area contributed by atoms with Crippen LogP contribution in [0.4, 0.5) is 5.69 Å². The van der Waals surface area contributed by atoms with E-state index in [1.54, 1.807) is 13.0 Å². The number of H-pyrrole nitrogens is 1. The minimum absolute atomic E-state index is 0.0395. The molecule has 2 heterocycles. The summed E-state index contributed by atoms with van der Waals surface area (Å²) in [5.41, 5.74) is -0.717. The summed E-state index contributed by atoms with van der Waals surface area (Å²) in [5, 5.41) is 19.9. The molecule has 11 nitrogen and oxygen atoms in total. The Labute approximate surface area is 167 Å². The summed E-state index contributed by atoms with van der Waals surface area (Å²) in [5.74, 6) is -1.03. The second-order valence-electron chi connectivity index (χ2n) is 6.25. The number of imidazole rings is 1. The standard InChI is InChI=1S/C17H17N5O6S/c1-3-11(15(24)25)29-17-18-13-12(14(23)19-16(26)20(13)2)21(17)8-9-5-4-6-10(7-9)22(27)28/h4-7,11H,3,8H2,1-2H3,(H,24,25)(H,19,23,26). The third kappa shape index (κ3) is 3.92. The van der Waals surface area contributed by atoms with Crippen LogP contribution in [0.25, 0.3) is 11.2 Å². The number of aryl methyl sites for hydroxylation is 1. The number of non-ortho nitro benzene ring substituents is 1. The molecule has 0 aliphatic rings. The summed E-state index contributed by atoms with van der Waals surface area (Å²) in [6.07, 6.45) is 0.315. The van der Waals surface area contributed by atoms with E-state index in [1.165, 1.54) is 29.8 Å². The highest BCUT2D eigenvalue weighted by atomic mass is 32.2. The second-order valence-corrected chi connectivity index (χ2v) is 7.42. The fourth-order valence-electron chi connectivity index (χ4n) is 2.84. The Bertz CT molecular complexity index is 1230. The predicted octanol–water partition coefficient (Wildman–Crippen LogP) is 1.34. The number of fused-ring (bicyclic) bond motifs is 1. The van der Waals surface area contributed by atoms with Gasteiger partial charge in [0, 0.05) is 19.2 Å². The monoisotopic (exact) mass is 419 g/mol. The summed E-state index contributed by atoms with van der Waals surface area (Å²) in [6, 6.07) is 5.88. The topological polar surface area (TPSA) is 153 Å². The third-order valence-corrected chi connectivity index (χ3v) is 5.67. The Morgan fingerprint density at radius 1 is 1.41 bits per heavy atom. The van der Waals surface area contributed by atoms with E-state index in [4.69, 9.17) is 0 Å². The maximum atomic E-state index is 12.5. The highest BCUT2D eigenvalue weighted by molar-refractivity contribution is 8.00. The van der Waals surface area contributed by atoms with Gasteiger partial charge in [-0.3, -0.25) is 29.3 Å². The fraction of sp³-hybridized carbons (Fsp3) is 0.294. The molecule has 1 aromatic carbocycles. The van der Waals surface area contributed by atoms with Gasteiger partial charge in [-0.2, -0.15) is 0 Å². The number of nitro benzene ring substituents is 1. The summed E-state index contributed by atoms with van der Waals surface area (Å²) >= 11 is 0.952. The first-order valence-corrected chi connectivity index (χ1v) is 9.43. The van der Waals surface area contributed by atoms with Gasteiger partial charge in [0.05, 0.1) is 11.5 Å². The summed E-state index contributed by atoms with van der Waals surface area (Å²) in [6.45, 7) is 1.75. The lowest BCUT2D eigenvalue weighted by molar-refractivity contribution is -0.384. The number of carboxylic acid groups (broad SMARTS) is 1. The smallest absolute Gasteiger partial charge is 0.329 e. The molecule has 29 heavy (non-hydrogen) atoms. The van der Waals surface area contributed by atoms with Gasteiger partial charge >= 0.3 is 11.7 Å². The van der Waals surface area contributed by atoms with Crippen molar-refractivity contribution in [1.29, 1.82) is 0 Å². The number of aromatic amines is 1. The van der Waals surface area contributed by atoms with Crippen molar-refractivity contribution in [3.05, 3.63) is 60.8 Å². The van der Waals surface area contributed by atoms with Crippen LogP contribution in [0.15, 0.2) is 39.0 Å². The highest BCUT2D eigenvalue weighted by Crippen LogP contribution is 2.28. The number of nitrogens with zero attached hydrogens (tertiary/aromatic N) is 4. The molecule has 0 radical (unpaired) electrons. The van der Waals surface area contributed by atoms with Crippen LogP contribution in [0.2, 0.25) is 0 Å². The Balaban J connectivity index is 2.21. The molecule has 3 aromatic rings. The lowest BCUT2D eigenvalue weighted by atomic mass is 10.2. The van der Waals surface area contributed by atoms with Crippen LogP contribution in [-0.2, 0) is 18.4 Å². The predicted molar refractivity (Wildman–Crippen MR) is 105 cm³/mol. The van der Waals surface area contributed by atoms with Gasteiger partial charge in [0.25, 0.3) is 11.2 Å². The summed E-state index contributed by atoms with van der Waals surface area (Å²) in [7, 11) is 1.44. The second kappa shape index (κ2) is 7.91. The molecule has 152 valence electrons. The van der Waals surface area contributed by atoms with Crippen molar-refractivity contribution in [1.82, 2.24) is 19.1 Å². The van der Waals surface area contributed by atoms with Gasteiger partial charge in [-0.25, -0.2) is 9.78 Å². The van der Waals surface area contributed by atoms with E-state index in [9.17, 15) is 29.6 Å². The first-order valence-electron chi connectivity index (χ1n) is 8.55. The number of thioether (sulfide) groups is 1. The number of rotatable bonds is 7. The summed E-state index contributed by atoms with van der Waals surface area (Å²) < 4.78 is 2.63. The van der Waals surface area contributed by atoms with Crippen LogP contribution in [0.1, 0.15) is 18.9 Å².